The molecule has 2 unspecified atom stereocenters. The molecule has 0 aliphatic carbocycles. The molecule has 3 aromatic rings. The van der Waals surface area contributed by atoms with Crippen LogP contribution in [0.2, 0.25) is 5.02 Å². The number of hydrogen-bond acceptors (Lipinski definition) is 5. The quantitative estimate of drug-likeness (QED) is 0.459. The Balaban J connectivity index is 1.39. The first kappa shape index (κ1) is 23.2. The summed E-state index contributed by atoms with van der Waals surface area (Å²) in [6.45, 7) is 1.46. The van der Waals surface area contributed by atoms with Crippen molar-refractivity contribution in [3.63, 3.8) is 0 Å². The van der Waals surface area contributed by atoms with Gasteiger partial charge in [0.1, 0.15) is 30.4 Å². The monoisotopic (exact) mass is 468 g/mol. The summed E-state index contributed by atoms with van der Waals surface area (Å²) < 4.78 is 19.4. The van der Waals surface area contributed by atoms with E-state index in [0.29, 0.717) is 36.8 Å². The minimum absolute atomic E-state index is 0.149. The fraction of sp³-hybridized carbons (Fsp3) is 0.269. The molecule has 0 radical (unpaired) electrons. The van der Waals surface area contributed by atoms with Crippen LogP contribution in [0.4, 0.5) is 4.39 Å². The average molecular weight is 469 g/mol. The Hall–Kier alpha value is -2.93. The van der Waals surface area contributed by atoms with Gasteiger partial charge >= 0.3 is 0 Å². The third-order valence-corrected chi connectivity index (χ3v) is 5.66. The molecule has 0 amide bonds. The Morgan fingerprint density at radius 2 is 1.88 bits per heavy atom. The summed E-state index contributed by atoms with van der Waals surface area (Å²) in [6.07, 6.45) is -0.337. The summed E-state index contributed by atoms with van der Waals surface area (Å²) >= 11 is 6.30. The summed E-state index contributed by atoms with van der Waals surface area (Å²) in [5.41, 5.74) is 2.47. The molecule has 1 aliphatic heterocycles. The Kier molecular flexibility index (Phi) is 7.94. The standard InChI is InChI=1S/C26H26ClFN2O3/c27-25-12-5-4-11-24(25)26-14-23(33-29-26)17-30(15-19-7-6-8-20(28)13-19)16-21(31)18-32-22-9-2-1-3-10-22/h1-13,21,23,31H,14-18H2. The van der Waals surface area contributed by atoms with E-state index >= 15 is 0 Å². The molecule has 172 valence electrons. The van der Waals surface area contributed by atoms with Crippen LogP contribution in [0.5, 0.6) is 5.75 Å². The molecule has 0 spiro atoms. The number of aliphatic hydroxyl groups excluding tert-OH is 1. The lowest BCUT2D eigenvalue weighted by Gasteiger charge is -2.27. The Morgan fingerprint density at radius 1 is 1.09 bits per heavy atom. The number of benzene rings is 3. The van der Waals surface area contributed by atoms with Gasteiger partial charge in [0, 0.05) is 36.6 Å². The van der Waals surface area contributed by atoms with Crippen molar-refractivity contribution < 1.29 is 19.1 Å². The van der Waals surface area contributed by atoms with E-state index in [-0.39, 0.29) is 18.5 Å². The Bertz CT molecular complexity index is 1080. The number of aliphatic hydroxyl groups is 1. The topological polar surface area (TPSA) is 54.3 Å². The van der Waals surface area contributed by atoms with E-state index in [1.807, 2.05) is 65.6 Å². The normalized spacial score (nSPS) is 16.4. The molecule has 5 nitrogen and oxygen atoms in total. The van der Waals surface area contributed by atoms with Gasteiger partial charge in [-0.05, 0) is 35.9 Å². The van der Waals surface area contributed by atoms with Crippen molar-refractivity contribution in [2.75, 3.05) is 19.7 Å². The summed E-state index contributed by atoms with van der Waals surface area (Å²) in [7, 11) is 0. The van der Waals surface area contributed by atoms with Crippen molar-refractivity contribution in [3.8, 4) is 5.75 Å². The lowest BCUT2D eigenvalue weighted by Crippen LogP contribution is -2.39. The van der Waals surface area contributed by atoms with Crippen molar-refractivity contribution in [3.05, 3.63) is 101 Å². The molecule has 0 saturated carbocycles. The first-order valence-corrected chi connectivity index (χ1v) is 11.2. The van der Waals surface area contributed by atoms with Crippen molar-refractivity contribution in [1.82, 2.24) is 4.90 Å². The van der Waals surface area contributed by atoms with E-state index in [4.69, 9.17) is 21.2 Å². The molecule has 1 aliphatic rings. The zero-order chi connectivity index (χ0) is 23.0. The van der Waals surface area contributed by atoms with Crippen LogP contribution < -0.4 is 4.74 Å². The molecule has 0 saturated heterocycles. The maximum absolute atomic E-state index is 13.7. The predicted octanol–water partition coefficient (Wildman–Crippen LogP) is 4.91. The van der Waals surface area contributed by atoms with E-state index in [1.54, 1.807) is 6.07 Å². The lowest BCUT2D eigenvalue weighted by atomic mass is 10.0. The van der Waals surface area contributed by atoms with Gasteiger partial charge in [-0.15, -0.1) is 0 Å². The predicted molar refractivity (Wildman–Crippen MR) is 127 cm³/mol. The number of hydrogen-bond donors (Lipinski definition) is 1. The second kappa shape index (κ2) is 11.3. The van der Waals surface area contributed by atoms with Gasteiger partial charge < -0.3 is 14.7 Å². The SMILES string of the molecule is OC(COc1ccccc1)CN(Cc1cccc(F)c1)CC1CC(c2ccccc2Cl)=NO1. The van der Waals surface area contributed by atoms with E-state index in [9.17, 15) is 9.50 Å². The van der Waals surface area contributed by atoms with Crippen molar-refractivity contribution in [2.24, 2.45) is 5.16 Å². The molecular formula is C26H26ClFN2O3. The van der Waals surface area contributed by atoms with Gasteiger partial charge in [0.2, 0.25) is 0 Å². The van der Waals surface area contributed by atoms with Gasteiger partial charge in [0.15, 0.2) is 0 Å². The second-order valence-electron chi connectivity index (χ2n) is 8.05. The molecule has 2 atom stereocenters. The fourth-order valence-corrected chi connectivity index (χ4v) is 4.07. The van der Waals surface area contributed by atoms with Crippen LogP contribution in [-0.4, -0.2) is 47.6 Å². The molecule has 1 heterocycles. The minimum atomic E-state index is -0.732. The second-order valence-corrected chi connectivity index (χ2v) is 8.46. The highest BCUT2D eigenvalue weighted by molar-refractivity contribution is 6.34. The van der Waals surface area contributed by atoms with Crippen molar-refractivity contribution in [1.29, 1.82) is 0 Å². The van der Waals surface area contributed by atoms with E-state index in [1.165, 1.54) is 12.1 Å². The third-order valence-electron chi connectivity index (χ3n) is 5.33. The first-order chi connectivity index (χ1) is 16.1. The first-order valence-electron chi connectivity index (χ1n) is 10.9. The molecule has 0 aromatic heterocycles. The zero-order valence-electron chi connectivity index (χ0n) is 18.1. The largest absolute Gasteiger partial charge is 0.491 e. The van der Waals surface area contributed by atoms with Crippen LogP contribution in [0.15, 0.2) is 84.0 Å². The van der Waals surface area contributed by atoms with Crippen LogP contribution in [0.1, 0.15) is 17.5 Å². The average Bonchev–Trinajstić information content (AvgIpc) is 3.27. The number of nitrogens with zero attached hydrogens (tertiary/aromatic N) is 2. The van der Waals surface area contributed by atoms with E-state index in [2.05, 4.69) is 5.16 Å². The number of ether oxygens (including phenoxy) is 1. The maximum Gasteiger partial charge on any atom is 0.145 e. The van der Waals surface area contributed by atoms with Crippen LogP contribution in [0.25, 0.3) is 0 Å². The van der Waals surface area contributed by atoms with Gasteiger partial charge in [0.05, 0.1) is 5.71 Å². The van der Waals surface area contributed by atoms with Crippen molar-refractivity contribution in [2.45, 2.75) is 25.2 Å². The molecule has 1 N–H and O–H groups in total. The molecule has 0 fully saturated rings. The smallest absolute Gasteiger partial charge is 0.145 e. The minimum Gasteiger partial charge on any atom is -0.491 e. The molecular weight excluding hydrogens is 443 g/mol. The number of halogens is 2. The van der Waals surface area contributed by atoms with Crippen LogP contribution in [-0.2, 0) is 11.4 Å². The highest BCUT2D eigenvalue weighted by Crippen LogP contribution is 2.24. The zero-order valence-corrected chi connectivity index (χ0v) is 18.9. The number of oxime groups is 1. The maximum atomic E-state index is 13.7. The highest BCUT2D eigenvalue weighted by atomic mass is 35.5. The van der Waals surface area contributed by atoms with Crippen LogP contribution >= 0.6 is 11.6 Å². The van der Waals surface area contributed by atoms with E-state index in [0.717, 1.165) is 16.8 Å². The van der Waals surface area contributed by atoms with Gasteiger partial charge in [-0.2, -0.15) is 0 Å². The Morgan fingerprint density at radius 3 is 2.67 bits per heavy atom. The van der Waals surface area contributed by atoms with Gasteiger partial charge in [-0.25, -0.2) is 4.39 Å². The number of rotatable bonds is 10. The summed E-state index contributed by atoms with van der Waals surface area (Å²) in [6, 6.07) is 23.4. The summed E-state index contributed by atoms with van der Waals surface area (Å²) in [5.74, 6) is 0.409. The molecule has 33 heavy (non-hydrogen) atoms. The fourth-order valence-electron chi connectivity index (χ4n) is 3.83. The summed E-state index contributed by atoms with van der Waals surface area (Å²) in [5, 5.41) is 15.5. The van der Waals surface area contributed by atoms with Crippen molar-refractivity contribution >= 4 is 17.3 Å². The van der Waals surface area contributed by atoms with Crippen LogP contribution in [0, 0.1) is 5.82 Å². The van der Waals surface area contributed by atoms with Gasteiger partial charge in [-0.3, -0.25) is 4.90 Å². The highest BCUT2D eigenvalue weighted by Gasteiger charge is 2.26. The number of para-hydroxylation sites is 1. The molecule has 4 rings (SSSR count). The van der Waals surface area contributed by atoms with Gasteiger partial charge in [-0.1, -0.05) is 65.3 Å². The molecule has 3 aromatic carbocycles. The molecule has 0 bridgehead atoms. The third kappa shape index (κ3) is 6.78. The van der Waals surface area contributed by atoms with Gasteiger partial charge in [0.25, 0.3) is 0 Å². The Labute approximate surface area is 198 Å². The lowest BCUT2D eigenvalue weighted by molar-refractivity contribution is 0.0213. The van der Waals surface area contributed by atoms with Crippen LogP contribution in [0.3, 0.4) is 0 Å². The summed E-state index contributed by atoms with van der Waals surface area (Å²) in [4.78, 5) is 7.71. The molecule has 7 heteroatoms. The van der Waals surface area contributed by atoms with E-state index < -0.39 is 6.10 Å².